The number of halogens is 1. The highest BCUT2D eigenvalue weighted by Gasteiger charge is 2.26. The fraction of sp³-hybridized carbons (Fsp3) is 0.500. The number of non-ortho nitro benzene ring substituents is 1. The number of nitrogens with one attached hydrogen (secondary N) is 1. The zero-order chi connectivity index (χ0) is 15.9. The largest absolute Gasteiger partial charge is 0.484 e. The van der Waals surface area contributed by atoms with Gasteiger partial charge in [0.05, 0.1) is 10.5 Å². The number of hydrogen-bond acceptors (Lipinski definition) is 5. The van der Waals surface area contributed by atoms with E-state index in [2.05, 4.69) is 5.32 Å². The third-order valence-corrected chi connectivity index (χ3v) is 3.57. The SMILES string of the molecule is CCC(CC)(CN)NC(=O)COc1ccc([N+](=O)[O-])cc1.Cl. The maximum absolute atomic E-state index is 11.9. The van der Waals surface area contributed by atoms with Gasteiger partial charge in [0.15, 0.2) is 6.61 Å². The molecule has 124 valence electrons. The Hall–Kier alpha value is -1.86. The molecule has 0 aliphatic heterocycles. The monoisotopic (exact) mass is 331 g/mol. The number of rotatable bonds is 8. The van der Waals surface area contributed by atoms with E-state index in [4.69, 9.17) is 10.5 Å². The summed E-state index contributed by atoms with van der Waals surface area (Å²) in [4.78, 5) is 21.9. The Labute approximate surface area is 135 Å². The van der Waals surface area contributed by atoms with Crippen molar-refractivity contribution in [1.29, 1.82) is 0 Å². The van der Waals surface area contributed by atoms with Crippen molar-refractivity contribution in [1.82, 2.24) is 5.32 Å². The fourth-order valence-corrected chi connectivity index (χ4v) is 1.91. The van der Waals surface area contributed by atoms with Gasteiger partial charge >= 0.3 is 0 Å². The number of nitro groups is 1. The lowest BCUT2D eigenvalue weighted by molar-refractivity contribution is -0.384. The molecule has 0 unspecified atom stereocenters. The molecule has 1 amide bonds. The number of hydrogen-bond donors (Lipinski definition) is 2. The Morgan fingerprint density at radius 3 is 2.27 bits per heavy atom. The van der Waals surface area contributed by atoms with Crippen LogP contribution in [0.3, 0.4) is 0 Å². The van der Waals surface area contributed by atoms with Crippen molar-refractivity contribution in [2.45, 2.75) is 32.2 Å². The van der Waals surface area contributed by atoms with Crippen LogP contribution >= 0.6 is 12.4 Å². The minimum Gasteiger partial charge on any atom is -0.484 e. The number of nitrogens with zero attached hydrogens (tertiary/aromatic N) is 1. The molecule has 0 radical (unpaired) electrons. The molecular weight excluding hydrogens is 310 g/mol. The molecule has 0 atom stereocenters. The van der Waals surface area contributed by atoms with E-state index in [0.717, 1.165) is 12.8 Å². The first kappa shape index (κ1) is 20.1. The topological polar surface area (TPSA) is 107 Å². The van der Waals surface area contributed by atoms with Crippen LogP contribution < -0.4 is 15.8 Å². The Morgan fingerprint density at radius 2 is 1.86 bits per heavy atom. The van der Waals surface area contributed by atoms with Gasteiger partial charge in [-0.2, -0.15) is 0 Å². The predicted molar refractivity (Wildman–Crippen MR) is 86.3 cm³/mol. The van der Waals surface area contributed by atoms with Crippen molar-refractivity contribution in [3.05, 3.63) is 34.4 Å². The van der Waals surface area contributed by atoms with Crippen molar-refractivity contribution in [3.8, 4) is 5.75 Å². The number of benzene rings is 1. The van der Waals surface area contributed by atoms with E-state index >= 15 is 0 Å². The highest BCUT2D eigenvalue weighted by molar-refractivity contribution is 5.85. The maximum Gasteiger partial charge on any atom is 0.269 e. The van der Waals surface area contributed by atoms with Crippen LogP contribution in [-0.2, 0) is 4.79 Å². The van der Waals surface area contributed by atoms with Crippen LogP contribution in [0.4, 0.5) is 5.69 Å². The Bertz CT molecular complexity index is 481. The summed E-state index contributed by atoms with van der Waals surface area (Å²) >= 11 is 0. The van der Waals surface area contributed by atoms with E-state index in [9.17, 15) is 14.9 Å². The average Bonchev–Trinajstić information content (AvgIpc) is 2.51. The van der Waals surface area contributed by atoms with Gasteiger partial charge in [-0.05, 0) is 25.0 Å². The third kappa shape index (κ3) is 5.50. The summed E-state index contributed by atoms with van der Waals surface area (Å²) in [5.74, 6) is 0.143. The van der Waals surface area contributed by atoms with Gasteiger partial charge in [0.2, 0.25) is 0 Å². The molecule has 1 aromatic carbocycles. The lowest BCUT2D eigenvalue weighted by atomic mass is 9.93. The summed E-state index contributed by atoms with van der Waals surface area (Å²) in [6, 6.07) is 5.58. The summed E-state index contributed by atoms with van der Waals surface area (Å²) in [6.45, 7) is 4.14. The number of carbonyl (C=O) groups is 1. The zero-order valence-corrected chi connectivity index (χ0v) is 13.5. The second-order valence-electron chi connectivity index (χ2n) is 4.78. The number of ether oxygens (including phenoxy) is 1. The first-order valence-corrected chi connectivity index (χ1v) is 6.84. The van der Waals surface area contributed by atoms with E-state index in [1.54, 1.807) is 0 Å². The van der Waals surface area contributed by atoms with E-state index in [0.29, 0.717) is 12.3 Å². The van der Waals surface area contributed by atoms with E-state index in [-0.39, 0.29) is 30.6 Å². The first-order chi connectivity index (χ1) is 9.96. The van der Waals surface area contributed by atoms with Gasteiger partial charge in [-0.3, -0.25) is 14.9 Å². The molecule has 0 heterocycles. The van der Waals surface area contributed by atoms with Gasteiger partial charge < -0.3 is 15.8 Å². The van der Waals surface area contributed by atoms with Gasteiger partial charge in [-0.25, -0.2) is 0 Å². The molecule has 1 aromatic rings. The molecule has 0 saturated heterocycles. The first-order valence-electron chi connectivity index (χ1n) is 6.84. The van der Waals surface area contributed by atoms with Crippen LogP contribution in [0, 0.1) is 10.1 Å². The Balaban J connectivity index is 0.00000441. The highest BCUT2D eigenvalue weighted by atomic mass is 35.5. The van der Waals surface area contributed by atoms with Crippen LogP contribution in [0.2, 0.25) is 0 Å². The summed E-state index contributed by atoms with van der Waals surface area (Å²) in [6.07, 6.45) is 1.48. The Morgan fingerprint density at radius 1 is 1.32 bits per heavy atom. The molecule has 3 N–H and O–H groups in total. The average molecular weight is 332 g/mol. The quantitative estimate of drug-likeness (QED) is 0.559. The molecule has 0 spiro atoms. The summed E-state index contributed by atoms with van der Waals surface area (Å²) in [5.41, 5.74) is 5.28. The Kier molecular flexibility index (Phi) is 8.44. The number of amides is 1. The van der Waals surface area contributed by atoms with Crippen LogP contribution in [0.15, 0.2) is 24.3 Å². The summed E-state index contributed by atoms with van der Waals surface area (Å²) in [5, 5.41) is 13.4. The standard InChI is InChI=1S/C14H21N3O4.ClH/c1-3-14(4-2,10-15)16-13(18)9-21-12-7-5-11(6-8-12)17(19)20;/h5-8H,3-4,9-10,15H2,1-2H3,(H,16,18);1H. The van der Waals surface area contributed by atoms with Crippen molar-refractivity contribution >= 4 is 24.0 Å². The number of nitrogens with two attached hydrogens (primary N) is 1. The van der Waals surface area contributed by atoms with Gasteiger partial charge in [-0.1, -0.05) is 13.8 Å². The fourth-order valence-electron chi connectivity index (χ4n) is 1.91. The minimum absolute atomic E-state index is 0. The van der Waals surface area contributed by atoms with Crippen LogP contribution in [0.25, 0.3) is 0 Å². The highest BCUT2D eigenvalue weighted by Crippen LogP contribution is 2.17. The summed E-state index contributed by atoms with van der Waals surface area (Å²) < 4.78 is 5.31. The minimum atomic E-state index is -0.491. The molecular formula is C14H22ClN3O4. The smallest absolute Gasteiger partial charge is 0.269 e. The van der Waals surface area contributed by atoms with Crippen LogP contribution in [0.1, 0.15) is 26.7 Å². The molecule has 0 aliphatic rings. The van der Waals surface area contributed by atoms with Crippen molar-refractivity contribution in [2.75, 3.05) is 13.2 Å². The van der Waals surface area contributed by atoms with E-state index in [1.165, 1.54) is 24.3 Å². The van der Waals surface area contributed by atoms with Gasteiger partial charge in [0, 0.05) is 18.7 Å². The van der Waals surface area contributed by atoms with Crippen LogP contribution in [0.5, 0.6) is 5.75 Å². The molecule has 1 rings (SSSR count). The zero-order valence-electron chi connectivity index (χ0n) is 12.7. The van der Waals surface area contributed by atoms with E-state index < -0.39 is 10.5 Å². The van der Waals surface area contributed by atoms with Crippen molar-refractivity contribution in [2.24, 2.45) is 5.73 Å². The number of nitro benzene ring substituents is 1. The van der Waals surface area contributed by atoms with Gasteiger partial charge in [0.25, 0.3) is 11.6 Å². The predicted octanol–water partition coefficient (Wildman–Crippen LogP) is 2.03. The second kappa shape index (κ2) is 9.22. The number of carbonyl (C=O) groups excluding carboxylic acids is 1. The van der Waals surface area contributed by atoms with Gasteiger partial charge in [0.1, 0.15) is 5.75 Å². The molecule has 7 nitrogen and oxygen atoms in total. The molecule has 0 aromatic heterocycles. The maximum atomic E-state index is 11.9. The third-order valence-electron chi connectivity index (χ3n) is 3.57. The summed E-state index contributed by atoms with van der Waals surface area (Å²) in [7, 11) is 0. The lowest BCUT2D eigenvalue weighted by Crippen LogP contribution is -2.54. The second-order valence-corrected chi connectivity index (χ2v) is 4.78. The van der Waals surface area contributed by atoms with Crippen molar-refractivity contribution < 1.29 is 14.5 Å². The molecule has 8 heteroatoms. The van der Waals surface area contributed by atoms with E-state index in [1.807, 2.05) is 13.8 Å². The van der Waals surface area contributed by atoms with Gasteiger partial charge in [-0.15, -0.1) is 12.4 Å². The van der Waals surface area contributed by atoms with Crippen molar-refractivity contribution in [3.63, 3.8) is 0 Å². The molecule has 0 fully saturated rings. The molecule has 0 bridgehead atoms. The lowest BCUT2D eigenvalue weighted by Gasteiger charge is -2.31. The molecule has 0 saturated carbocycles. The molecule has 0 aliphatic carbocycles. The van der Waals surface area contributed by atoms with Crippen LogP contribution in [-0.4, -0.2) is 29.5 Å². The normalized spacial score (nSPS) is 10.5. The molecule has 22 heavy (non-hydrogen) atoms.